The molecule has 1 atom stereocenters. The lowest BCUT2D eigenvalue weighted by Crippen LogP contribution is -2.25. The van der Waals surface area contributed by atoms with Crippen molar-refractivity contribution in [2.75, 3.05) is 22.5 Å². The lowest BCUT2D eigenvalue weighted by molar-refractivity contribution is -0.137. The van der Waals surface area contributed by atoms with Gasteiger partial charge in [0.05, 0.1) is 17.1 Å². The van der Waals surface area contributed by atoms with Gasteiger partial charge >= 0.3 is 6.18 Å². The van der Waals surface area contributed by atoms with Gasteiger partial charge in [-0.05, 0) is 61.7 Å². The summed E-state index contributed by atoms with van der Waals surface area (Å²) in [7, 11) is 0. The summed E-state index contributed by atoms with van der Waals surface area (Å²) in [5, 5.41) is 3.90. The van der Waals surface area contributed by atoms with E-state index in [0.29, 0.717) is 29.1 Å². The van der Waals surface area contributed by atoms with Gasteiger partial charge in [0.15, 0.2) is 0 Å². The second kappa shape index (κ2) is 7.40. The van der Waals surface area contributed by atoms with Crippen LogP contribution in [-0.2, 0) is 17.4 Å². The van der Waals surface area contributed by atoms with E-state index in [1.54, 1.807) is 18.7 Å². The molecule has 0 radical (unpaired) electrons. The predicted octanol–water partition coefficient (Wildman–Crippen LogP) is 4.62. The van der Waals surface area contributed by atoms with Crippen LogP contribution < -0.4 is 16.0 Å². The van der Waals surface area contributed by atoms with Crippen molar-refractivity contribution in [3.05, 3.63) is 52.8 Å². The Bertz CT molecular complexity index is 1190. The number of hydrogen-bond acceptors (Lipinski definition) is 5. The molecule has 0 fully saturated rings. The van der Waals surface area contributed by atoms with E-state index in [0.717, 1.165) is 35.3 Å². The van der Waals surface area contributed by atoms with Crippen molar-refractivity contribution in [2.24, 2.45) is 0 Å². The molecule has 1 amide bonds. The van der Waals surface area contributed by atoms with Gasteiger partial charge in [-0.2, -0.15) is 13.2 Å². The first-order chi connectivity index (χ1) is 14.5. The van der Waals surface area contributed by atoms with Crippen molar-refractivity contribution >= 4 is 34.0 Å². The van der Waals surface area contributed by atoms with Crippen LogP contribution in [0.1, 0.15) is 42.4 Å². The van der Waals surface area contributed by atoms with Gasteiger partial charge < -0.3 is 16.0 Å². The number of anilines is 3. The molecular formula is C22H22F3N5O. The highest BCUT2D eigenvalue weighted by molar-refractivity contribution is 6.00. The number of hydrogen-bond donors (Lipinski definition) is 2. The summed E-state index contributed by atoms with van der Waals surface area (Å²) >= 11 is 0. The fourth-order valence-corrected chi connectivity index (χ4v) is 3.94. The van der Waals surface area contributed by atoms with E-state index in [4.69, 9.17) is 5.73 Å². The number of amides is 1. The lowest BCUT2D eigenvalue weighted by Gasteiger charge is -2.20. The third kappa shape index (κ3) is 3.99. The molecule has 2 heterocycles. The quantitative estimate of drug-likeness (QED) is 0.594. The number of aromatic nitrogens is 2. The number of fused-ring (bicyclic) bond motifs is 2. The van der Waals surface area contributed by atoms with Crippen LogP contribution in [-0.4, -0.2) is 22.4 Å². The number of nitrogen functional groups attached to an aromatic ring is 1. The van der Waals surface area contributed by atoms with Crippen LogP contribution in [0.5, 0.6) is 0 Å². The maximum absolute atomic E-state index is 13.2. The number of rotatable bonds is 3. The van der Waals surface area contributed by atoms with Gasteiger partial charge in [0.1, 0.15) is 11.6 Å². The number of nitrogens with zero attached hydrogens (tertiary/aromatic N) is 3. The standard InChI is InChI=1S/C22H22F3N5O/c1-11(15-6-16(22(23,24)25)9-17(26)7-15)27-21-18-10-20-14(4-5-30(20)13(3)31)8-19(18)28-12(2)29-21/h6-11H,4-5,26H2,1-3H3,(H,27,28,29). The molecule has 6 nitrogen and oxygen atoms in total. The van der Waals surface area contributed by atoms with E-state index in [9.17, 15) is 18.0 Å². The second-order valence-corrected chi connectivity index (χ2v) is 7.79. The van der Waals surface area contributed by atoms with Crippen molar-refractivity contribution in [2.45, 2.75) is 39.4 Å². The minimum atomic E-state index is -4.49. The number of halogens is 3. The molecule has 0 saturated carbocycles. The molecule has 3 N–H and O–H groups in total. The van der Waals surface area contributed by atoms with Gasteiger partial charge in [-0.3, -0.25) is 4.79 Å². The topological polar surface area (TPSA) is 84.1 Å². The van der Waals surface area contributed by atoms with E-state index in [2.05, 4.69) is 15.3 Å². The number of nitrogens with two attached hydrogens (primary N) is 1. The van der Waals surface area contributed by atoms with Gasteiger partial charge in [0.25, 0.3) is 0 Å². The van der Waals surface area contributed by atoms with Crippen LogP contribution in [0.25, 0.3) is 10.9 Å². The third-order valence-electron chi connectivity index (χ3n) is 5.44. The number of nitrogens with one attached hydrogen (secondary N) is 1. The van der Waals surface area contributed by atoms with E-state index in [1.807, 2.05) is 12.1 Å². The minimum absolute atomic E-state index is 0.0390. The number of aryl methyl sites for hydroxylation is 1. The zero-order valence-electron chi connectivity index (χ0n) is 17.3. The minimum Gasteiger partial charge on any atom is -0.399 e. The van der Waals surface area contributed by atoms with Gasteiger partial charge in [-0.1, -0.05) is 0 Å². The first-order valence-electron chi connectivity index (χ1n) is 9.86. The van der Waals surface area contributed by atoms with Crippen molar-refractivity contribution in [1.29, 1.82) is 0 Å². The Morgan fingerprint density at radius 2 is 1.94 bits per heavy atom. The van der Waals surface area contributed by atoms with Crippen LogP contribution in [0.4, 0.5) is 30.4 Å². The predicted molar refractivity (Wildman–Crippen MR) is 114 cm³/mol. The van der Waals surface area contributed by atoms with Crippen LogP contribution in [0.3, 0.4) is 0 Å². The Kier molecular flexibility index (Phi) is 4.99. The molecule has 9 heteroatoms. The molecule has 0 bridgehead atoms. The number of alkyl halides is 3. The zero-order valence-corrected chi connectivity index (χ0v) is 17.3. The van der Waals surface area contributed by atoms with E-state index in [1.165, 1.54) is 13.0 Å². The Morgan fingerprint density at radius 1 is 1.19 bits per heavy atom. The molecule has 0 saturated heterocycles. The Labute approximate surface area is 177 Å². The normalized spacial score (nSPS) is 14.6. The Hall–Kier alpha value is -3.36. The molecule has 1 aliphatic rings. The maximum Gasteiger partial charge on any atom is 0.416 e. The first kappa shape index (κ1) is 20.9. The van der Waals surface area contributed by atoms with Crippen LogP contribution in [0.2, 0.25) is 0 Å². The summed E-state index contributed by atoms with van der Waals surface area (Å²) in [5.74, 6) is 0.977. The summed E-state index contributed by atoms with van der Waals surface area (Å²) in [4.78, 5) is 22.6. The fourth-order valence-electron chi connectivity index (χ4n) is 3.94. The fraction of sp³-hybridized carbons (Fsp3) is 0.318. The Morgan fingerprint density at radius 3 is 2.61 bits per heavy atom. The lowest BCUT2D eigenvalue weighted by atomic mass is 10.0. The van der Waals surface area contributed by atoms with Crippen LogP contribution >= 0.6 is 0 Å². The zero-order chi connectivity index (χ0) is 22.5. The average Bonchev–Trinajstić information content (AvgIpc) is 3.08. The SMILES string of the molecule is CC(=O)N1CCc2cc3nc(C)nc(NC(C)c4cc(N)cc(C(F)(F)F)c4)c3cc21. The highest BCUT2D eigenvalue weighted by Crippen LogP contribution is 2.36. The van der Waals surface area contributed by atoms with Crippen LogP contribution in [0, 0.1) is 6.92 Å². The van der Waals surface area contributed by atoms with Crippen molar-refractivity contribution in [3.63, 3.8) is 0 Å². The van der Waals surface area contributed by atoms with Crippen molar-refractivity contribution in [1.82, 2.24) is 9.97 Å². The van der Waals surface area contributed by atoms with Crippen LogP contribution in [0.15, 0.2) is 30.3 Å². The van der Waals surface area contributed by atoms with Crippen molar-refractivity contribution < 1.29 is 18.0 Å². The van der Waals surface area contributed by atoms with Gasteiger partial charge in [0.2, 0.25) is 5.91 Å². The largest absolute Gasteiger partial charge is 0.416 e. The molecule has 1 unspecified atom stereocenters. The maximum atomic E-state index is 13.2. The summed E-state index contributed by atoms with van der Waals surface area (Å²) < 4.78 is 39.6. The first-order valence-corrected chi connectivity index (χ1v) is 9.86. The molecule has 2 aromatic carbocycles. The molecule has 1 aliphatic heterocycles. The molecule has 31 heavy (non-hydrogen) atoms. The molecular weight excluding hydrogens is 407 g/mol. The molecule has 162 valence electrons. The van der Waals surface area contributed by atoms with Crippen molar-refractivity contribution in [3.8, 4) is 0 Å². The highest BCUT2D eigenvalue weighted by atomic mass is 19.4. The van der Waals surface area contributed by atoms with E-state index in [-0.39, 0.29) is 11.6 Å². The number of benzene rings is 2. The third-order valence-corrected chi connectivity index (χ3v) is 5.44. The smallest absolute Gasteiger partial charge is 0.399 e. The molecule has 1 aromatic heterocycles. The molecule has 0 aliphatic carbocycles. The van der Waals surface area contributed by atoms with E-state index < -0.39 is 17.8 Å². The molecule has 3 aromatic rings. The summed E-state index contributed by atoms with van der Waals surface area (Å²) in [5.41, 5.74) is 7.91. The summed E-state index contributed by atoms with van der Waals surface area (Å²) in [6.45, 7) is 5.63. The number of carbonyl (C=O) groups excluding carboxylic acids is 1. The molecule has 4 rings (SSSR count). The monoisotopic (exact) mass is 429 g/mol. The highest BCUT2D eigenvalue weighted by Gasteiger charge is 2.31. The average molecular weight is 429 g/mol. The summed E-state index contributed by atoms with van der Waals surface area (Å²) in [6.07, 6.45) is -3.74. The Balaban J connectivity index is 1.76. The second-order valence-electron chi connectivity index (χ2n) is 7.79. The van der Waals surface area contributed by atoms with E-state index >= 15 is 0 Å². The van der Waals surface area contributed by atoms with Gasteiger partial charge in [-0.25, -0.2) is 9.97 Å². The van der Waals surface area contributed by atoms with Gasteiger partial charge in [-0.15, -0.1) is 0 Å². The summed E-state index contributed by atoms with van der Waals surface area (Å²) in [6, 6.07) is 6.83. The van der Waals surface area contributed by atoms with Gasteiger partial charge in [0, 0.05) is 30.2 Å². The molecule has 0 spiro atoms. The number of carbonyl (C=O) groups is 1.